The van der Waals surface area contributed by atoms with Crippen molar-refractivity contribution in [1.82, 2.24) is 0 Å². The molecule has 0 bridgehead atoms. The van der Waals surface area contributed by atoms with Gasteiger partial charge >= 0.3 is 0 Å². The van der Waals surface area contributed by atoms with Crippen LogP contribution in [-0.4, -0.2) is 39.1 Å². The van der Waals surface area contributed by atoms with E-state index in [0.29, 0.717) is 6.61 Å². The average molecular weight is 258 g/mol. The number of ether oxygens (including phenoxy) is 1. The molecule has 1 aliphatic rings. The Morgan fingerprint density at radius 3 is 2.50 bits per heavy atom. The molecule has 1 fully saturated rings. The normalized spacial score (nSPS) is 49.2. The van der Waals surface area contributed by atoms with Gasteiger partial charge in [-0.1, -0.05) is 22.6 Å². The third kappa shape index (κ3) is 1.61. The molecule has 60 valence electrons. The summed E-state index contributed by atoms with van der Waals surface area (Å²) in [4.78, 5) is 0. The summed E-state index contributed by atoms with van der Waals surface area (Å²) in [6.45, 7) is 2.29. The minimum atomic E-state index is -0.726. The topological polar surface area (TPSA) is 49.7 Å². The molecular weight excluding hydrogens is 247 g/mol. The second kappa shape index (κ2) is 3.34. The van der Waals surface area contributed by atoms with E-state index in [-0.39, 0.29) is 10.0 Å². The maximum absolute atomic E-state index is 9.28. The van der Waals surface area contributed by atoms with Crippen molar-refractivity contribution in [3.63, 3.8) is 0 Å². The first-order chi connectivity index (χ1) is 4.63. The van der Waals surface area contributed by atoms with Crippen LogP contribution in [0.2, 0.25) is 0 Å². The van der Waals surface area contributed by atoms with E-state index in [1.54, 1.807) is 6.92 Å². The minimum absolute atomic E-state index is 0.0174. The van der Waals surface area contributed by atoms with E-state index in [1.165, 1.54) is 0 Å². The number of halogens is 1. The van der Waals surface area contributed by atoms with Gasteiger partial charge in [-0.2, -0.15) is 0 Å². The zero-order valence-electron chi connectivity index (χ0n) is 5.70. The first kappa shape index (κ1) is 8.70. The van der Waals surface area contributed by atoms with Crippen molar-refractivity contribution in [1.29, 1.82) is 0 Å². The van der Waals surface area contributed by atoms with Gasteiger partial charge in [0.05, 0.1) is 22.7 Å². The van der Waals surface area contributed by atoms with Crippen LogP contribution in [0.1, 0.15) is 6.92 Å². The van der Waals surface area contributed by atoms with Crippen LogP contribution in [0.5, 0.6) is 0 Å². The van der Waals surface area contributed by atoms with Crippen LogP contribution >= 0.6 is 22.6 Å². The fourth-order valence-electron chi connectivity index (χ4n) is 0.933. The first-order valence-electron chi connectivity index (χ1n) is 3.24. The van der Waals surface area contributed by atoms with E-state index in [1.807, 2.05) is 0 Å². The van der Waals surface area contributed by atoms with Crippen LogP contribution < -0.4 is 0 Å². The number of hydrogen-bond acceptors (Lipinski definition) is 3. The van der Waals surface area contributed by atoms with Crippen LogP contribution in [-0.2, 0) is 4.74 Å². The van der Waals surface area contributed by atoms with Crippen LogP contribution in [0.4, 0.5) is 0 Å². The molecule has 3 nitrogen and oxygen atoms in total. The van der Waals surface area contributed by atoms with Gasteiger partial charge in [0, 0.05) is 0 Å². The van der Waals surface area contributed by atoms with Crippen molar-refractivity contribution in [2.75, 3.05) is 6.61 Å². The highest BCUT2D eigenvalue weighted by Crippen LogP contribution is 2.20. The summed E-state index contributed by atoms with van der Waals surface area (Å²) >= 11 is 2.07. The van der Waals surface area contributed by atoms with E-state index in [4.69, 9.17) is 4.74 Å². The molecule has 0 spiro atoms. The van der Waals surface area contributed by atoms with Gasteiger partial charge in [-0.05, 0) is 6.92 Å². The molecule has 0 unspecified atom stereocenters. The lowest BCUT2D eigenvalue weighted by molar-refractivity contribution is -0.120. The Bertz CT molecular complexity index is 106. The fraction of sp³-hybridized carbons (Fsp3) is 1.00. The van der Waals surface area contributed by atoms with E-state index >= 15 is 0 Å². The summed E-state index contributed by atoms with van der Waals surface area (Å²) in [5.41, 5.74) is 0. The monoisotopic (exact) mass is 258 g/mol. The Morgan fingerprint density at radius 1 is 1.40 bits per heavy atom. The molecule has 10 heavy (non-hydrogen) atoms. The van der Waals surface area contributed by atoms with Crippen molar-refractivity contribution in [3.8, 4) is 0 Å². The second-order valence-corrected chi connectivity index (χ2v) is 4.14. The highest BCUT2D eigenvalue weighted by molar-refractivity contribution is 14.1. The average Bonchev–Trinajstić information content (AvgIpc) is 1.93. The number of alkyl halides is 1. The maximum atomic E-state index is 9.28. The van der Waals surface area contributed by atoms with E-state index in [0.717, 1.165) is 0 Å². The molecule has 1 rings (SSSR count). The number of aliphatic hydroxyl groups is 2. The highest BCUT2D eigenvalue weighted by atomic mass is 127. The smallest absolute Gasteiger partial charge is 0.107 e. The Kier molecular flexibility index (Phi) is 2.91. The third-order valence-electron chi connectivity index (χ3n) is 1.72. The van der Waals surface area contributed by atoms with Gasteiger partial charge in [0.25, 0.3) is 0 Å². The number of hydrogen-bond donors (Lipinski definition) is 2. The molecule has 0 aliphatic carbocycles. The lowest BCUT2D eigenvalue weighted by atomic mass is 10.0. The van der Waals surface area contributed by atoms with Crippen molar-refractivity contribution < 1.29 is 14.9 Å². The summed E-state index contributed by atoms with van der Waals surface area (Å²) in [5.74, 6) is 0. The summed E-state index contributed by atoms with van der Waals surface area (Å²) < 4.78 is 5.17. The Morgan fingerprint density at radius 2 is 2.00 bits per heavy atom. The quantitative estimate of drug-likeness (QED) is 0.472. The van der Waals surface area contributed by atoms with Gasteiger partial charge < -0.3 is 14.9 Å². The Balaban J connectivity index is 2.52. The molecule has 4 atom stereocenters. The van der Waals surface area contributed by atoms with Crippen LogP contribution in [0.15, 0.2) is 0 Å². The number of rotatable bonds is 0. The Labute approximate surface area is 73.5 Å². The minimum Gasteiger partial charge on any atom is -0.389 e. The Hall–Kier alpha value is 0.610. The van der Waals surface area contributed by atoms with Gasteiger partial charge in [0.1, 0.15) is 6.10 Å². The largest absolute Gasteiger partial charge is 0.389 e. The van der Waals surface area contributed by atoms with Crippen LogP contribution in [0.25, 0.3) is 0 Å². The molecule has 1 saturated heterocycles. The molecule has 0 aromatic rings. The standard InChI is InChI=1S/C6H11IO3/c1-3-5(8)6(9)4(7)2-10-3/h3-6,8-9H,2H2,1H3/t3-,4+,5+,6-/m1/s1. The molecular formula is C6H11IO3. The predicted molar refractivity (Wildman–Crippen MR) is 45.2 cm³/mol. The van der Waals surface area contributed by atoms with Crippen molar-refractivity contribution in [3.05, 3.63) is 0 Å². The summed E-state index contributed by atoms with van der Waals surface area (Å²) in [6.07, 6.45) is -1.60. The molecule has 0 saturated carbocycles. The lowest BCUT2D eigenvalue weighted by Gasteiger charge is -2.33. The summed E-state index contributed by atoms with van der Waals surface area (Å²) in [5, 5.41) is 18.5. The van der Waals surface area contributed by atoms with E-state index < -0.39 is 12.2 Å². The van der Waals surface area contributed by atoms with Gasteiger partial charge in [0.15, 0.2) is 0 Å². The second-order valence-electron chi connectivity index (χ2n) is 2.54. The van der Waals surface area contributed by atoms with Gasteiger partial charge in [0.2, 0.25) is 0 Å². The molecule has 1 heterocycles. The molecule has 0 radical (unpaired) electrons. The van der Waals surface area contributed by atoms with Crippen LogP contribution in [0.3, 0.4) is 0 Å². The molecule has 0 aromatic carbocycles. The number of aliphatic hydroxyl groups excluding tert-OH is 2. The van der Waals surface area contributed by atoms with Crippen LogP contribution in [0, 0.1) is 0 Å². The van der Waals surface area contributed by atoms with Crippen molar-refractivity contribution >= 4 is 22.6 Å². The molecule has 2 N–H and O–H groups in total. The third-order valence-corrected chi connectivity index (χ3v) is 2.82. The summed E-state index contributed by atoms with van der Waals surface area (Å²) in [6, 6.07) is 0. The molecule has 4 heteroatoms. The maximum Gasteiger partial charge on any atom is 0.107 e. The zero-order valence-corrected chi connectivity index (χ0v) is 7.85. The fourth-order valence-corrected chi connectivity index (χ4v) is 1.57. The molecule has 0 aromatic heterocycles. The van der Waals surface area contributed by atoms with E-state index in [2.05, 4.69) is 22.6 Å². The lowest BCUT2D eigenvalue weighted by Crippen LogP contribution is -2.49. The highest BCUT2D eigenvalue weighted by Gasteiger charge is 2.34. The van der Waals surface area contributed by atoms with Crippen molar-refractivity contribution in [2.45, 2.75) is 29.2 Å². The van der Waals surface area contributed by atoms with Gasteiger partial charge in [-0.25, -0.2) is 0 Å². The zero-order chi connectivity index (χ0) is 7.72. The van der Waals surface area contributed by atoms with Gasteiger partial charge in [-0.15, -0.1) is 0 Å². The molecule has 0 amide bonds. The first-order valence-corrected chi connectivity index (χ1v) is 4.49. The predicted octanol–water partition coefficient (Wildman–Crippen LogP) is -0.0695. The van der Waals surface area contributed by atoms with Gasteiger partial charge in [-0.3, -0.25) is 0 Å². The SMILES string of the molecule is C[C@H]1OC[C@H](I)[C@@H](O)[C@H]1O. The molecule has 1 aliphatic heterocycles. The van der Waals surface area contributed by atoms with Crippen molar-refractivity contribution in [2.24, 2.45) is 0 Å². The summed E-state index contributed by atoms with van der Waals surface area (Å²) in [7, 11) is 0. The van der Waals surface area contributed by atoms with E-state index in [9.17, 15) is 10.2 Å².